The van der Waals surface area contributed by atoms with E-state index in [1.165, 1.54) is 0 Å². The van der Waals surface area contributed by atoms with Crippen molar-refractivity contribution in [1.29, 1.82) is 0 Å². The molecule has 0 atom stereocenters. The summed E-state index contributed by atoms with van der Waals surface area (Å²) in [4.78, 5) is 16.0. The van der Waals surface area contributed by atoms with E-state index in [0.717, 1.165) is 21.4 Å². The van der Waals surface area contributed by atoms with Crippen molar-refractivity contribution in [2.45, 2.75) is 13.8 Å². The van der Waals surface area contributed by atoms with Gasteiger partial charge in [-0.25, -0.2) is 9.78 Å². The maximum atomic E-state index is 11.3. The summed E-state index contributed by atoms with van der Waals surface area (Å²) in [5.74, 6) is 0.519. The molecule has 2 heterocycles. The molecule has 0 unspecified atom stereocenters. The molecular formula is C16H14IN3O3. The van der Waals surface area contributed by atoms with E-state index in [0.29, 0.717) is 26.2 Å². The molecular weight excluding hydrogens is 409 g/mol. The smallest absolute Gasteiger partial charge is 0.432 e. The number of benzene rings is 1. The Morgan fingerprint density at radius 2 is 2.09 bits per heavy atom. The molecule has 118 valence electrons. The van der Waals surface area contributed by atoms with Crippen LogP contribution in [-0.2, 0) is 0 Å². The highest BCUT2D eigenvalue weighted by Gasteiger charge is 2.20. The van der Waals surface area contributed by atoms with Crippen molar-refractivity contribution in [1.82, 2.24) is 14.8 Å². The number of carbonyl (C=O) groups is 1. The molecule has 23 heavy (non-hydrogen) atoms. The highest BCUT2D eigenvalue weighted by atomic mass is 127. The SMILES string of the molecule is COc1cc2c(nc1-c1cccc(C)c1C)c(I)nn2C(=O)O. The monoisotopic (exact) mass is 423 g/mol. The lowest BCUT2D eigenvalue weighted by Crippen LogP contribution is -2.09. The van der Waals surface area contributed by atoms with Crippen LogP contribution < -0.4 is 4.74 Å². The molecule has 1 N–H and O–H groups in total. The van der Waals surface area contributed by atoms with Crippen molar-refractivity contribution in [2.75, 3.05) is 7.11 Å². The molecule has 0 spiro atoms. The molecule has 3 rings (SSSR count). The minimum atomic E-state index is -1.15. The van der Waals surface area contributed by atoms with Gasteiger partial charge in [0.1, 0.15) is 26.2 Å². The van der Waals surface area contributed by atoms with E-state index in [2.05, 4.69) is 10.1 Å². The van der Waals surface area contributed by atoms with Crippen LogP contribution in [0.1, 0.15) is 11.1 Å². The molecule has 0 radical (unpaired) electrons. The zero-order valence-electron chi connectivity index (χ0n) is 12.8. The van der Waals surface area contributed by atoms with Crippen molar-refractivity contribution >= 4 is 39.7 Å². The standard InChI is InChI=1S/C16H14IN3O3/c1-8-5-4-6-10(9(8)2)13-12(23-3)7-11-14(18-13)15(17)19-20(11)16(21)22/h4-7H,1-3H3,(H,21,22). The molecule has 1 aromatic carbocycles. The van der Waals surface area contributed by atoms with Gasteiger partial charge in [0, 0.05) is 11.6 Å². The van der Waals surface area contributed by atoms with E-state index in [9.17, 15) is 9.90 Å². The van der Waals surface area contributed by atoms with Gasteiger partial charge in [-0.3, -0.25) is 0 Å². The number of pyridine rings is 1. The van der Waals surface area contributed by atoms with Crippen LogP contribution in [0.5, 0.6) is 5.75 Å². The minimum Gasteiger partial charge on any atom is -0.494 e. The largest absolute Gasteiger partial charge is 0.494 e. The van der Waals surface area contributed by atoms with E-state index < -0.39 is 6.09 Å². The van der Waals surface area contributed by atoms with Crippen LogP contribution in [0.25, 0.3) is 22.3 Å². The average molecular weight is 423 g/mol. The molecule has 7 heteroatoms. The topological polar surface area (TPSA) is 77.2 Å². The second kappa shape index (κ2) is 5.80. The fraction of sp³-hybridized carbons (Fsp3) is 0.188. The molecule has 6 nitrogen and oxygen atoms in total. The van der Waals surface area contributed by atoms with E-state index in [1.807, 2.05) is 54.6 Å². The van der Waals surface area contributed by atoms with Gasteiger partial charge < -0.3 is 9.84 Å². The van der Waals surface area contributed by atoms with Gasteiger partial charge >= 0.3 is 6.09 Å². The van der Waals surface area contributed by atoms with Crippen LogP contribution in [0.15, 0.2) is 24.3 Å². The zero-order valence-corrected chi connectivity index (χ0v) is 15.0. The van der Waals surface area contributed by atoms with Gasteiger partial charge in [0.15, 0.2) is 0 Å². The first kappa shape index (κ1) is 15.7. The summed E-state index contributed by atoms with van der Waals surface area (Å²) in [6.07, 6.45) is -1.15. The molecule has 0 bridgehead atoms. The maximum Gasteiger partial charge on any atom is 0.432 e. The number of fused-ring (bicyclic) bond motifs is 1. The Hall–Kier alpha value is -2.16. The summed E-state index contributed by atoms with van der Waals surface area (Å²) in [7, 11) is 1.55. The predicted molar refractivity (Wildman–Crippen MR) is 95.1 cm³/mol. The van der Waals surface area contributed by atoms with Crippen molar-refractivity contribution in [3.05, 3.63) is 39.1 Å². The third-order valence-corrected chi connectivity index (χ3v) is 4.57. The summed E-state index contributed by atoms with van der Waals surface area (Å²) < 4.78 is 6.90. The Labute approximate surface area is 146 Å². The van der Waals surface area contributed by atoms with Gasteiger partial charge in [0.05, 0.1) is 7.11 Å². The molecule has 0 aliphatic heterocycles. The highest BCUT2D eigenvalue weighted by Crippen LogP contribution is 2.35. The van der Waals surface area contributed by atoms with Gasteiger partial charge in [-0.15, -0.1) is 0 Å². The molecule has 0 amide bonds. The normalized spacial score (nSPS) is 11.0. The third kappa shape index (κ3) is 2.54. The van der Waals surface area contributed by atoms with Crippen LogP contribution in [0.3, 0.4) is 0 Å². The van der Waals surface area contributed by atoms with Crippen LogP contribution in [0, 0.1) is 17.5 Å². The number of ether oxygens (including phenoxy) is 1. The summed E-state index contributed by atoms with van der Waals surface area (Å²) in [6, 6.07) is 7.65. The van der Waals surface area contributed by atoms with Crippen molar-refractivity contribution in [2.24, 2.45) is 0 Å². The summed E-state index contributed by atoms with van der Waals surface area (Å²) >= 11 is 1.99. The summed E-state index contributed by atoms with van der Waals surface area (Å²) in [6.45, 7) is 4.07. The highest BCUT2D eigenvalue weighted by molar-refractivity contribution is 14.1. The fourth-order valence-electron chi connectivity index (χ4n) is 2.49. The number of hydrogen-bond donors (Lipinski definition) is 1. The van der Waals surface area contributed by atoms with E-state index in [1.54, 1.807) is 13.2 Å². The van der Waals surface area contributed by atoms with Gasteiger partial charge in [-0.1, -0.05) is 18.2 Å². The van der Waals surface area contributed by atoms with Crippen molar-refractivity contribution < 1.29 is 14.6 Å². The lowest BCUT2D eigenvalue weighted by atomic mass is 10.00. The zero-order chi connectivity index (χ0) is 16.7. The Balaban J connectivity index is 2.36. The van der Waals surface area contributed by atoms with E-state index in [-0.39, 0.29) is 0 Å². The van der Waals surface area contributed by atoms with Crippen LogP contribution in [0.4, 0.5) is 4.79 Å². The molecule has 0 aliphatic rings. The number of rotatable bonds is 2. The van der Waals surface area contributed by atoms with E-state index >= 15 is 0 Å². The molecule has 0 saturated heterocycles. The van der Waals surface area contributed by atoms with Crippen molar-refractivity contribution in [3.63, 3.8) is 0 Å². The molecule has 0 aliphatic carbocycles. The number of aromatic nitrogens is 3. The van der Waals surface area contributed by atoms with Crippen LogP contribution in [0.2, 0.25) is 0 Å². The number of halogens is 1. The Bertz CT molecular complexity index is 934. The second-order valence-corrected chi connectivity index (χ2v) is 6.16. The Kier molecular flexibility index (Phi) is 3.97. The first-order valence-corrected chi connectivity index (χ1v) is 7.95. The summed E-state index contributed by atoms with van der Waals surface area (Å²) in [5, 5.41) is 13.3. The molecule has 3 aromatic rings. The Morgan fingerprint density at radius 3 is 2.74 bits per heavy atom. The lowest BCUT2D eigenvalue weighted by Gasteiger charge is -2.12. The number of aryl methyl sites for hydroxylation is 1. The average Bonchev–Trinajstić information content (AvgIpc) is 2.85. The summed E-state index contributed by atoms with van der Waals surface area (Å²) in [5.41, 5.74) is 4.87. The van der Waals surface area contributed by atoms with E-state index in [4.69, 9.17) is 4.74 Å². The lowest BCUT2D eigenvalue weighted by molar-refractivity contribution is 0.194. The van der Waals surface area contributed by atoms with Gasteiger partial charge in [-0.2, -0.15) is 9.78 Å². The molecule has 2 aromatic heterocycles. The second-order valence-electron chi connectivity index (χ2n) is 5.14. The van der Waals surface area contributed by atoms with Crippen molar-refractivity contribution in [3.8, 4) is 17.0 Å². The Morgan fingerprint density at radius 1 is 1.35 bits per heavy atom. The quantitative estimate of drug-likeness (QED) is 0.634. The first-order chi connectivity index (χ1) is 10.9. The third-order valence-electron chi connectivity index (χ3n) is 3.84. The number of carboxylic acid groups (broad SMARTS) is 1. The number of hydrogen-bond acceptors (Lipinski definition) is 4. The predicted octanol–water partition coefficient (Wildman–Crippen LogP) is 3.85. The van der Waals surface area contributed by atoms with Gasteiger partial charge in [0.25, 0.3) is 0 Å². The van der Waals surface area contributed by atoms with Crippen LogP contribution in [-0.4, -0.2) is 33.1 Å². The van der Waals surface area contributed by atoms with Gasteiger partial charge in [-0.05, 0) is 47.6 Å². The number of methoxy groups -OCH3 is 1. The van der Waals surface area contributed by atoms with Crippen LogP contribution >= 0.6 is 22.6 Å². The fourth-order valence-corrected chi connectivity index (χ4v) is 3.10. The van der Waals surface area contributed by atoms with Gasteiger partial charge in [0.2, 0.25) is 0 Å². The minimum absolute atomic E-state index is 0.410. The number of nitrogens with zero attached hydrogens (tertiary/aromatic N) is 3. The first-order valence-electron chi connectivity index (χ1n) is 6.87. The molecule has 0 fully saturated rings. The molecule has 0 saturated carbocycles. The maximum absolute atomic E-state index is 11.3.